The van der Waals surface area contributed by atoms with E-state index in [0.717, 1.165) is 22.8 Å². The van der Waals surface area contributed by atoms with Crippen molar-refractivity contribution in [1.29, 1.82) is 0 Å². The number of amides is 1. The Morgan fingerprint density at radius 1 is 1.47 bits per heavy atom. The number of thiazole rings is 1. The van der Waals surface area contributed by atoms with E-state index in [4.69, 9.17) is 0 Å². The number of carbonyl (C=O) groups excluding carboxylic acids is 1. The number of carbonyl (C=O) groups is 1. The van der Waals surface area contributed by atoms with E-state index < -0.39 is 0 Å². The number of hydrogen-bond acceptors (Lipinski definition) is 4. The first-order valence-electron chi connectivity index (χ1n) is 6.02. The summed E-state index contributed by atoms with van der Waals surface area (Å²) in [6.45, 7) is 2.52. The van der Waals surface area contributed by atoms with E-state index in [1.165, 1.54) is 6.08 Å². The van der Waals surface area contributed by atoms with Gasteiger partial charge in [-0.2, -0.15) is 0 Å². The Morgan fingerprint density at radius 3 is 3.05 bits per heavy atom. The number of hydrogen-bond donors (Lipinski definition) is 1. The van der Waals surface area contributed by atoms with Crippen molar-refractivity contribution < 1.29 is 4.79 Å². The van der Waals surface area contributed by atoms with Crippen LogP contribution in [0.4, 0.5) is 0 Å². The molecule has 0 saturated heterocycles. The molecule has 1 amide bonds. The second-order valence-electron chi connectivity index (χ2n) is 3.99. The van der Waals surface area contributed by atoms with E-state index in [2.05, 4.69) is 15.3 Å². The summed E-state index contributed by atoms with van der Waals surface area (Å²) in [6.07, 6.45) is 5.71. The fourth-order valence-corrected chi connectivity index (χ4v) is 2.12. The molecule has 0 fully saturated rings. The normalized spacial score (nSPS) is 10.8. The lowest BCUT2D eigenvalue weighted by atomic mass is 10.3. The van der Waals surface area contributed by atoms with Crippen molar-refractivity contribution in [2.24, 2.45) is 0 Å². The van der Waals surface area contributed by atoms with Gasteiger partial charge in [-0.15, -0.1) is 11.3 Å². The predicted octanol–water partition coefficient (Wildman–Crippen LogP) is 2.22. The molecule has 0 unspecified atom stereocenters. The first-order valence-corrected chi connectivity index (χ1v) is 6.90. The van der Waals surface area contributed by atoms with Gasteiger partial charge in [0.05, 0.1) is 10.7 Å². The van der Waals surface area contributed by atoms with Gasteiger partial charge < -0.3 is 5.32 Å². The maximum atomic E-state index is 11.6. The molecule has 0 aliphatic carbocycles. The fourth-order valence-electron chi connectivity index (χ4n) is 1.54. The highest BCUT2D eigenvalue weighted by atomic mass is 32.1. The van der Waals surface area contributed by atoms with Crippen molar-refractivity contribution in [3.63, 3.8) is 0 Å². The monoisotopic (exact) mass is 273 g/mol. The van der Waals surface area contributed by atoms with E-state index in [9.17, 15) is 4.79 Å². The van der Waals surface area contributed by atoms with Gasteiger partial charge in [0.25, 0.3) is 0 Å². The van der Waals surface area contributed by atoms with Crippen molar-refractivity contribution in [3.05, 3.63) is 52.2 Å². The van der Waals surface area contributed by atoms with Crippen LogP contribution < -0.4 is 5.32 Å². The van der Waals surface area contributed by atoms with Crippen LogP contribution >= 0.6 is 11.3 Å². The average Bonchev–Trinajstić information content (AvgIpc) is 2.83. The molecule has 2 heterocycles. The Morgan fingerprint density at radius 2 is 2.37 bits per heavy atom. The third-order valence-corrected chi connectivity index (χ3v) is 3.24. The number of nitrogens with zero attached hydrogens (tertiary/aromatic N) is 2. The molecule has 2 aromatic heterocycles. The van der Waals surface area contributed by atoms with Crippen LogP contribution in [0.1, 0.15) is 16.4 Å². The van der Waals surface area contributed by atoms with Crippen LogP contribution in [0.3, 0.4) is 0 Å². The third kappa shape index (κ3) is 4.63. The Kier molecular flexibility index (Phi) is 4.80. The van der Waals surface area contributed by atoms with Crippen molar-refractivity contribution >= 4 is 23.3 Å². The highest BCUT2D eigenvalue weighted by Gasteiger charge is 1.98. The summed E-state index contributed by atoms with van der Waals surface area (Å²) < 4.78 is 0. The van der Waals surface area contributed by atoms with Gasteiger partial charge in [-0.1, -0.05) is 6.07 Å². The minimum Gasteiger partial charge on any atom is -0.352 e. The molecule has 98 valence electrons. The molecule has 0 saturated carbocycles. The molecule has 0 radical (unpaired) electrons. The molecule has 5 heteroatoms. The first-order chi connectivity index (χ1) is 9.24. The van der Waals surface area contributed by atoms with Gasteiger partial charge >= 0.3 is 0 Å². The SMILES string of the molecule is Cc1nc(C=CC(=O)NCCc2ccccn2)cs1. The Bertz CT molecular complexity index is 563. The Balaban J connectivity index is 1.74. The summed E-state index contributed by atoms with van der Waals surface area (Å²) in [7, 11) is 0. The second kappa shape index (κ2) is 6.80. The molecule has 0 spiro atoms. The van der Waals surface area contributed by atoms with Crippen LogP contribution in [0.25, 0.3) is 6.08 Å². The number of aryl methyl sites for hydroxylation is 1. The van der Waals surface area contributed by atoms with Gasteiger partial charge in [0, 0.05) is 36.3 Å². The van der Waals surface area contributed by atoms with Gasteiger partial charge in [0.1, 0.15) is 0 Å². The highest BCUT2D eigenvalue weighted by molar-refractivity contribution is 7.09. The van der Waals surface area contributed by atoms with E-state index in [-0.39, 0.29) is 5.91 Å². The topological polar surface area (TPSA) is 54.9 Å². The fraction of sp³-hybridized carbons (Fsp3) is 0.214. The van der Waals surface area contributed by atoms with Crippen LogP contribution in [0.5, 0.6) is 0 Å². The van der Waals surface area contributed by atoms with Crippen LogP contribution in [0.2, 0.25) is 0 Å². The lowest BCUT2D eigenvalue weighted by Crippen LogP contribution is -2.23. The van der Waals surface area contributed by atoms with Crippen molar-refractivity contribution in [2.45, 2.75) is 13.3 Å². The molecule has 2 rings (SSSR count). The molecular formula is C14H15N3OS. The smallest absolute Gasteiger partial charge is 0.244 e. The van der Waals surface area contributed by atoms with Crippen LogP contribution in [0, 0.1) is 6.92 Å². The van der Waals surface area contributed by atoms with Gasteiger partial charge in [-0.05, 0) is 25.1 Å². The number of rotatable bonds is 5. The summed E-state index contributed by atoms with van der Waals surface area (Å²) in [5, 5.41) is 5.74. The highest BCUT2D eigenvalue weighted by Crippen LogP contribution is 2.08. The predicted molar refractivity (Wildman–Crippen MR) is 76.8 cm³/mol. The van der Waals surface area contributed by atoms with Crippen LogP contribution in [0.15, 0.2) is 35.9 Å². The summed E-state index contributed by atoms with van der Waals surface area (Å²) in [4.78, 5) is 20.0. The number of aromatic nitrogens is 2. The Labute approximate surface area is 116 Å². The molecule has 19 heavy (non-hydrogen) atoms. The van der Waals surface area contributed by atoms with E-state index >= 15 is 0 Å². The van der Waals surface area contributed by atoms with Gasteiger partial charge in [-0.25, -0.2) is 4.98 Å². The summed E-state index contributed by atoms with van der Waals surface area (Å²) >= 11 is 1.57. The van der Waals surface area contributed by atoms with Crippen molar-refractivity contribution in [3.8, 4) is 0 Å². The molecule has 0 aliphatic heterocycles. The summed E-state index contributed by atoms with van der Waals surface area (Å²) in [6, 6.07) is 5.76. The average molecular weight is 273 g/mol. The van der Waals surface area contributed by atoms with Crippen LogP contribution in [-0.4, -0.2) is 22.4 Å². The van der Waals surface area contributed by atoms with Crippen molar-refractivity contribution in [1.82, 2.24) is 15.3 Å². The lowest BCUT2D eigenvalue weighted by Gasteiger charge is -2.01. The Hall–Kier alpha value is -2.01. The van der Waals surface area contributed by atoms with E-state index in [1.807, 2.05) is 30.5 Å². The number of nitrogens with one attached hydrogen (secondary N) is 1. The summed E-state index contributed by atoms with van der Waals surface area (Å²) in [5.74, 6) is -0.110. The standard InChI is InChI=1S/C14H15N3OS/c1-11-17-13(10-19-11)5-6-14(18)16-9-7-12-4-2-3-8-15-12/h2-6,8,10H,7,9H2,1H3,(H,16,18). The van der Waals surface area contributed by atoms with Gasteiger partial charge in [0.15, 0.2) is 0 Å². The second-order valence-corrected chi connectivity index (χ2v) is 5.05. The zero-order valence-corrected chi connectivity index (χ0v) is 11.5. The molecule has 0 bridgehead atoms. The zero-order valence-electron chi connectivity index (χ0n) is 10.7. The molecule has 1 N–H and O–H groups in total. The minimum absolute atomic E-state index is 0.110. The first kappa shape index (κ1) is 13.4. The van der Waals surface area contributed by atoms with E-state index in [1.54, 1.807) is 23.6 Å². The van der Waals surface area contributed by atoms with Crippen LogP contribution in [-0.2, 0) is 11.2 Å². The molecule has 0 atom stereocenters. The molecule has 2 aromatic rings. The maximum Gasteiger partial charge on any atom is 0.244 e. The molecule has 0 aliphatic rings. The van der Waals surface area contributed by atoms with E-state index in [0.29, 0.717) is 6.54 Å². The zero-order chi connectivity index (χ0) is 13.5. The lowest BCUT2D eigenvalue weighted by molar-refractivity contribution is -0.116. The summed E-state index contributed by atoms with van der Waals surface area (Å²) in [5.41, 5.74) is 1.80. The van der Waals surface area contributed by atoms with Gasteiger partial charge in [-0.3, -0.25) is 9.78 Å². The largest absolute Gasteiger partial charge is 0.352 e. The van der Waals surface area contributed by atoms with Crippen molar-refractivity contribution in [2.75, 3.05) is 6.54 Å². The molecular weight excluding hydrogens is 258 g/mol. The van der Waals surface area contributed by atoms with Gasteiger partial charge in [0.2, 0.25) is 5.91 Å². The molecule has 0 aromatic carbocycles. The molecule has 4 nitrogen and oxygen atoms in total. The third-order valence-electron chi connectivity index (χ3n) is 2.45. The quantitative estimate of drug-likeness (QED) is 0.850. The maximum absolute atomic E-state index is 11.6. The minimum atomic E-state index is -0.110. The number of pyridine rings is 1.